The van der Waals surface area contributed by atoms with Crippen molar-refractivity contribution in [3.63, 3.8) is 0 Å². The normalized spacial score (nSPS) is 14.5. The lowest BCUT2D eigenvalue weighted by molar-refractivity contribution is -0.147. The highest BCUT2D eigenvalue weighted by Gasteiger charge is 2.28. The number of allylic oxidation sites excluding steroid dienone is 2. The Hall–Kier alpha value is -1.78. The van der Waals surface area contributed by atoms with Gasteiger partial charge in [0.1, 0.15) is 12.7 Å². The molecule has 11 nitrogen and oxygen atoms in total. The van der Waals surface area contributed by atoms with E-state index in [9.17, 15) is 34.1 Å². The zero-order chi connectivity index (χ0) is 30.1. The molecule has 3 unspecified atom stereocenters. The molecule has 0 rings (SSSR count). The number of hydrogen-bond acceptors (Lipinski definition) is 8. The van der Waals surface area contributed by atoms with Crippen LogP contribution in [0.15, 0.2) is 12.2 Å². The predicted molar refractivity (Wildman–Crippen MR) is 153 cm³/mol. The van der Waals surface area contributed by atoms with Gasteiger partial charge in [0.2, 0.25) is 5.91 Å². The van der Waals surface area contributed by atoms with Crippen molar-refractivity contribution in [1.82, 2.24) is 5.32 Å². The largest absolute Gasteiger partial charge is 0.480 e. The maximum Gasteiger partial charge on any atom is 0.472 e. The molecule has 0 fully saturated rings. The van der Waals surface area contributed by atoms with E-state index in [4.69, 9.17) is 4.74 Å². The molecule has 0 spiro atoms. The molecule has 0 bridgehead atoms. The fourth-order valence-electron chi connectivity index (χ4n) is 3.66. The average molecular weight is 594 g/mol. The summed E-state index contributed by atoms with van der Waals surface area (Å²) in [6.07, 6.45) is 17.7. The number of carbonyl (C=O) groups is 3. The standard InChI is InChI=1S/C28H52NO10P/c1-3-5-7-9-10-11-12-13-14-15-16-18-20-27(32)37-21-24(30)22-38-40(35,36)39-23-25(28(33)34)29-26(31)19-17-8-6-4-2/h10-11,24-25,30H,3-9,12-23H2,1-2H3,(H,29,31)(H,33,34)(H,35,36)/b11-10-. The highest BCUT2D eigenvalue weighted by molar-refractivity contribution is 7.47. The monoisotopic (exact) mass is 593 g/mol. The van der Waals surface area contributed by atoms with E-state index in [1.54, 1.807) is 0 Å². The van der Waals surface area contributed by atoms with Crippen LogP contribution in [-0.2, 0) is 32.7 Å². The number of amides is 1. The molecular weight excluding hydrogens is 541 g/mol. The van der Waals surface area contributed by atoms with Crippen LogP contribution in [-0.4, -0.2) is 64.9 Å². The number of nitrogens with one attached hydrogen (secondary N) is 1. The van der Waals surface area contributed by atoms with Crippen LogP contribution in [0.4, 0.5) is 0 Å². The van der Waals surface area contributed by atoms with E-state index < -0.39 is 57.6 Å². The summed E-state index contributed by atoms with van der Waals surface area (Å²) in [5, 5.41) is 21.4. The number of aliphatic hydroxyl groups is 1. The third-order valence-corrected chi connectivity index (χ3v) is 7.01. The van der Waals surface area contributed by atoms with Crippen molar-refractivity contribution in [3.8, 4) is 0 Å². The SMILES string of the molecule is CCCCC/C=C\CCCCCCCC(=O)OCC(O)COP(=O)(O)OCC(NC(=O)CCCCCC)C(=O)O. The van der Waals surface area contributed by atoms with Gasteiger partial charge in [-0.05, 0) is 38.5 Å². The Bertz CT molecular complexity index is 761. The Balaban J connectivity index is 4.01. The molecular formula is C28H52NO10P. The van der Waals surface area contributed by atoms with E-state index >= 15 is 0 Å². The van der Waals surface area contributed by atoms with Crippen molar-refractivity contribution < 1.29 is 47.8 Å². The molecule has 0 aliphatic heterocycles. The minimum atomic E-state index is -4.72. The van der Waals surface area contributed by atoms with Crippen molar-refractivity contribution in [1.29, 1.82) is 0 Å². The fraction of sp³-hybridized carbons (Fsp3) is 0.821. The summed E-state index contributed by atoms with van der Waals surface area (Å²) in [6, 6.07) is -1.54. The first kappa shape index (κ1) is 38.2. The predicted octanol–water partition coefficient (Wildman–Crippen LogP) is 5.43. The second-order valence-corrected chi connectivity index (χ2v) is 11.4. The molecule has 12 heteroatoms. The first-order valence-corrected chi connectivity index (χ1v) is 16.2. The molecule has 0 radical (unpaired) electrons. The average Bonchev–Trinajstić information content (AvgIpc) is 2.91. The number of phosphoric ester groups is 1. The van der Waals surface area contributed by atoms with Gasteiger partial charge in [0, 0.05) is 12.8 Å². The third kappa shape index (κ3) is 24.1. The van der Waals surface area contributed by atoms with Crippen molar-refractivity contribution in [2.45, 2.75) is 129 Å². The molecule has 234 valence electrons. The molecule has 0 saturated heterocycles. The Morgan fingerprint density at radius 3 is 1.95 bits per heavy atom. The van der Waals surface area contributed by atoms with Crippen LogP contribution >= 0.6 is 7.82 Å². The van der Waals surface area contributed by atoms with Crippen LogP contribution in [0, 0.1) is 0 Å². The highest BCUT2D eigenvalue weighted by Crippen LogP contribution is 2.43. The Labute approximate surface area is 239 Å². The summed E-state index contributed by atoms with van der Waals surface area (Å²) in [5.41, 5.74) is 0. The van der Waals surface area contributed by atoms with Crippen molar-refractivity contribution >= 4 is 25.7 Å². The number of carboxylic acid groups (broad SMARTS) is 1. The molecule has 4 N–H and O–H groups in total. The van der Waals surface area contributed by atoms with Gasteiger partial charge >= 0.3 is 19.8 Å². The maximum atomic E-state index is 12.0. The summed E-state index contributed by atoms with van der Waals surface area (Å²) in [7, 11) is -4.72. The van der Waals surface area contributed by atoms with Gasteiger partial charge < -0.3 is 25.2 Å². The minimum Gasteiger partial charge on any atom is -0.480 e. The third-order valence-electron chi connectivity index (χ3n) is 6.05. The van der Waals surface area contributed by atoms with Gasteiger partial charge in [-0.25, -0.2) is 9.36 Å². The van der Waals surface area contributed by atoms with Gasteiger partial charge in [-0.1, -0.05) is 77.4 Å². The van der Waals surface area contributed by atoms with Gasteiger partial charge in [0.05, 0.1) is 13.2 Å². The zero-order valence-electron chi connectivity index (χ0n) is 24.4. The van der Waals surface area contributed by atoms with Gasteiger partial charge in [0.25, 0.3) is 0 Å². The van der Waals surface area contributed by atoms with Crippen LogP contribution < -0.4 is 5.32 Å². The lowest BCUT2D eigenvalue weighted by atomic mass is 10.1. The minimum absolute atomic E-state index is 0.138. The Morgan fingerprint density at radius 2 is 1.30 bits per heavy atom. The number of esters is 1. The lowest BCUT2D eigenvalue weighted by Crippen LogP contribution is -2.43. The second-order valence-electron chi connectivity index (χ2n) is 9.94. The summed E-state index contributed by atoms with van der Waals surface area (Å²) in [5.74, 6) is -2.41. The fourth-order valence-corrected chi connectivity index (χ4v) is 4.43. The molecule has 0 aromatic carbocycles. The van der Waals surface area contributed by atoms with Gasteiger partial charge in [0.15, 0.2) is 6.04 Å². The quantitative estimate of drug-likeness (QED) is 0.0417. The van der Waals surface area contributed by atoms with Crippen LogP contribution in [0.25, 0.3) is 0 Å². The van der Waals surface area contributed by atoms with Crippen LogP contribution in [0.5, 0.6) is 0 Å². The van der Waals surface area contributed by atoms with E-state index in [2.05, 4.69) is 33.4 Å². The summed E-state index contributed by atoms with van der Waals surface area (Å²) in [6.45, 7) is 2.33. The van der Waals surface area contributed by atoms with E-state index in [0.717, 1.165) is 57.8 Å². The number of hydrogen-bond donors (Lipinski definition) is 4. The number of aliphatic carboxylic acids is 1. The number of rotatable bonds is 27. The van der Waals surface area contributed by atoms with Crippen molar-refractivity contribution in [2.24, 2.45) is 0 Å². The Kier molecular flexibility index (Phi) is 23.9. The first-order chi connectivity index (χ1) is 19.1. The molecule has 0 heterocycles. The van der Waals surface area contributed by atoms with Crippen molar-refractivity contribution in [2.75, 3.05) is 19.8 Å². The van der Waals surface area contributed by atoms with E-state index in [-0.39, 0.29) is 12.8 Å². The number of carbonyl (C=O) groups excluding carboxylic acids is 2. The van der Waals surface area contributed by atoms with E-state index in [1.807, 2.05) is 6.92 Å². The summed E-state index contributed by atoms with van der Waals surface area (Å²) >= 11 is 0. The summed E-state index contributed by atoms with van der Waals surface area (Å²) < 4.78 is 26.3. The molecule has 0 aromatic heterocycles. The van der Waals surface area contributed by atoms with Gasteiger partial charge in [-0.15, -0.1) is 0 Å². The number of ether oxygens (including phenoxy) is 1. The topological polar surface area (TPSA) is 169 Å². The van der Waals surface area contributed by atoms with Crippen LogP contribution in [0.1, 0.15) is 117 Å². The van der Waals surface area contributed by atoms with Crippen LogP contribution in [0.3, 0.4) is 0 Å². The summed E-state index contributed by atoms with van der Waals surface area (Å²) in [4.78, 5) is 44.9. The maximum absolute atomic E-state index is 12.0. The molecule has 3 atom stereocenters. The smallest absolute Gasteiger partial charge is 0.472 e. The number of unbranched alkanes of at least 4 members (excludes halogenated alkanes) is 11. The Morgan fingerprint density at radius 1 is 0.775 bits per heavy atom. The second kappa shape index (κ2) is 25.0. The zero-order valence-corrected chi connectivity index (χ0v) is 25.3. The number of phosphoric acid groups is 1. The molecule has 1 amide bonds. The molecule has 0 saturated carbocycles. The first-order valence-electron chi connectivity index (χ1n) is 14.7. The number of aliphatic hydroxyl groups excluding tert-OH is 1. The van der Waals surface area contributed by atoms with Crippen LogP contribution in [0.2, 0.25) is 0 Å². The molecule has 0 aliphatic rings. The van der Waals surface area contributed by atoms with E-state index in [1.165, 1.54) is 19.3 Å². The molecule has 0 aromatic rings. The highest BCUT2D eigenvalue weighted by atomic mass is 31.2. The number of carboxylic acids is 1. The lowest BCUT2D eigenvalue weighted by Gasteiger charge is -2.18. The van der Waals surface area contributed by atoms with Gasteiger partial charge in [-0.2, -0.15) is 0 Å². The molecule has 40 heavy (non-hydrogen) atoms. The van der Waals surface area contributed by atoms with Gasteiger partial charge in [-0.3, -0.25) is 18.6 Å². The molecule has 0 aliphatic carbocycles. The van der Waals surface area contributed by atoms with E-state index in [0.29, 0.717) is 12.8 Å². The van der Waals surface area contributed by atoms with Crippen molar-refractivity contribution in [3.05, 3.63) is 12.2 Å².